The van der Waals surface area contributed by atoms with Crippen molar-refractivity contribution in [1.29, 1.82) is 0 Å². The summed E-state index contributed by atoms with van der Waals surface area (Å²) < 4.78 is 23.5. The number of carboxylic acid groups (broad SMARTS) is 1. The summed E-state index contributed by atoms with van der Waals surface area (Å²) in [6.45, 7) is 3.30. The van der Waals surface area contributed by atoms with E-state index in [9.17, 15) is 18.0 Å². The van der Waals surface area contributed by atoms with Gasteiger partial charge in [0.2, 0.25) is 10.0 Å². The van der Waals surface area contributed by atoms with Gasteiger partial charge in [-0.05, 0) is 18.2 Å². The fourth-order valence-electron chi connectivity index (χ4n) is 2.02. The van der Waals surface area contributed by atoms with Crippen LogP contribution in [-0.2, 0) is 14.8 Å². The molecule has 0 saturated heterocycles. The molecule has 22 heavy (non-hydrogen) atoms. The van der Waals surface area contributed by atoms with E-state index in [0.717, 1.165) is 0 Å². The van der Waals surface area contributed by atoms with E-state index >= 15 is 0 Å². The molecule has 1 unspecified atom stereocenters. The van der Waals surface area contributed by atoms with Crippen LogP contribution in [0.5, 0.6) is 0 Å². The highest BCUT2D eigenvalue weighted by molar-refractivity contribution is 7.89. The largest absolute Gasteiger partial charge is 0.481 e. The molecule has 0 radical (unpaired) electrons. The van der Waals surface area contributed by atoms with Crippen LogP contribution in [0.3, 0.4) is 0 Å². The molecule has 0 aliphatic heterocycles. The minimum absolute atomic E-state index is 0.110. The topological polar surface area (TPSA) is 118 Å². The summed E-state index contributed by atoms with van der Waals surface area (Å²) >= 11 is 0. The fourth-order valence-corrected chi connectivity index (χ4v) is 2.83. The molecule has 0 spiro atoms. The van der Waals surface area contributed by atoms with Crippen LogP contribution in [0.4, 0.5) is 5.69 Å². The molecule has 7 nitrogen and oxygen atoms in total. The SMILES string of the molecule is CCC(=O)c1ccc(N(C)CC(C)C(=O)O)c(S(N)(=O)=O)c1. The number of carbonyl (C=O) groups is 2. The summed E-state index contributed by atoms with van der Waals surface area (Å²) in [5.74, 6) is -1.87. The number of nitrogens with two attached hydrogens (primary N) is 1. The first kappa shape index (κ1) is 18.1. The van der Waals surface area contributed by atoms with Gasteiger partial charge in [-0.15, -0.1) is 0 Å². The predicted molar refractivity (Wildman–Crippen MR) is 82.5 cm³/mol. The smallest absolute Gasteiger partial charge is 0.308 e. The maximum absolute atomic E-state index is 11.8. The van der Waals surface area contributed by atoms with Crippen LogP contribution in [0, 0.1) is 5.92 Å². The van der Waals surface area contributed by atoms with Crippen molar-refractivity contribution in [3.05, 3.63) is 23.8 Å². The minimum atomic E-state index is -4.04. The van der Waals surface area contributed by atoms with Gasteiger partial charge in [-0.2, -0.15) is 0 Å². The van der Waals surface area contributed by atoms with E-state index in [0.29, 0.717) is 0 Å². The molecule has 0 amide bonds. The van der Waals surface area contributed by atoms with Gasteiger partial charge >= 0.3 is 5.97 Å². The Morgan fingerprint density at radius 2 is 1.95 bits per heavy atom. The molecule has 122 valence electrons. The van der Waals surface area contributed by atoms with Crippen molar-refractivity contribution in [2.45, 2.75) is 25.2 Å². The third-order valence-corrected chi connectivity index (χ3v) is 4.23. The van der Waals surface area contributed by atoms with Crippen molar-refractivity contribution in [1.82, 2.24) is 0 Å². The van der Waals surface area contributed by atoms with Gasteiger partial charge in [0.1, 0.15) is 4.90 Å². The van der Waals surface area contributed by atoms with E-state index in [1.807, 2.05) is 0 Å². The van der Waals surface area contributed by atoms with Crippen LogP contribution in [-0.4, -0.2) is 38.9 Å². The number of anilines is 1. The Morgan fingerprint density at radius 1 is 1.36 bits per heavy atom. The van der Waals surface area contributed by atoms with Gasteiger partial charge in [0, 0.05) is 25.6 Å². The predicted octanol–water partition coefficient (Wildman–Crippen LogP) is 1.08. The van der Waals surface area contributed by atoms with Crippen LogP contribution < -0.4 is 10.0 Å². The molecule has 0 fully saturated rings. The number of carboxylic acids is 1. The maximum Gasteiger partial charge on any atom is 0.308 e. The van der Waals surface area contributed by atoms with E-state index < -0.39 is 21.9 Å². The van der Waals surface area contributed by atoms with Crippen LogP contribution in [0.1, 0.15) is 30.6 Å². The van der Waals surface area contributed by atoms with Crippen LogP contribution >= 0.6 is 0 Å². The third-order valence-electron chi connectivity index (χ3n) is 3.29. The molecule has 8 heteroatoms. The van der Waals surface area contributed by atoms with Crippen LogP contribution in [0.25, 0.3) is 0 Å². The number of primary sulfonamides is 1. The van der Waals surface area contributed by atoms with Crippen LogP contribution in [0.2, 0.25) is 0 Å². The molecule has 1 aromatic rings. The van der Waals surface area contributed by atoms with E-state index in [1.54, 1.807) is 14.0 Å². The average molecular weight is 328 g/mol. The first-order chi connectivity index (χ1) is 10.1. The Kier molecular flexibility index (Phi) is 5.67. The molecule has 0 aromatic heterocycles. The molecule has 3 N–H and O–H groups in total. The standard InChI is InChI=1S/C14H20N2O5S/c1-4-12(17)10-5-6-11(13(7-10)22(15,20)21)16(3)8-9(2)14(18)19/h5-7,9H,4,8H2,1-3H3,(H,18,19)(H2,15,20,21). The lowest BCUT2D eigenvalue weighted by molar-refractivity contribution is -0.140. The van der Waals surface area contributed by atoms with E-state index in [-0.39, 0.29) is 34.9 Å². The van der Waals surface area contributed by atoms with Crippen molar-refractivity contribution in [3.63, 3.8) is 0 Å². The lowest BCUT2D eigenvalue weighted by Crippen LogP contribution is -2.30. The highest BCUT2D eigenvalue weighted by Crippen LogP contribution is 2.26. The van der Waals surface area contributed by atoms with E-state index in [2.05, 4.69) is 0 Å². The normalized spacial score (nSPS) is 12.7. The zero-order chi connectivity index (χ0) is 17.1. The molecule has 0 bridgehead atoms. The summed E-state index contributed by atoms with van der Waals surface area (Å²) in [5, 5.41) is 14.2. The molecule has 1 rings (SSSR count). The highest BCUT2D eigenvalue weighted by Gasteiger charge is 2.21. The maximum atomic E-state index is 11.8. The Morgan fingerprint density at radius 3 is 2.41 bits per heavy atom. The number of benzene rings is 1. The summed E-state index contributed by atoms with van der Waals surface area (Å²) in [6.07, 6.45) is 0.245. The van der Waals surface area contributed by atoms with Gasteiger partial charge < -0.3 is 10.0 Å². The number of hydrogen-bond donors (Lipinski definition) is 2. The molecule has 1 aromatic carbocycles. The van der Waals surface area contributed by atoms with Crippen molar-refractivity contribution in [2.75, 3.05) is 18.5 Å². The average Bonchev–Trinajstić information content (AvgIpc) is 2.44. The van der Waals surface area contributed by atoms with Crippen molar-refractivity contribution >= 4 is 27.5 Å². The molecule has 1 atom stereocenters. The number of nitrogens with zero attached hydrogens (tertiary/aromatic N) is 1. The summed E-state index contributed by atoms with van der Waals surface area (Å²) in [6, 6.07) is 4.22. The van der Waals surface area contributed by atoms with E-state index in [1.165, 1.54) is 30.0 Å². The van der Waals surface area contributed by atoms with Gasteiger partial charge in [0.25, 0.3) is 0 Å². The van der Waals surface area contributed by atoms with Crippen LogP contribution in [0.15, 0.2) is 23.1 Å². The first-order valence-electron chi connectivity index (χ1n) is 6.72. The second-order valence-corrected chi connectivity index (χ2v) is 6.65. The zero-order valence-electron chi connectivity index (χ0n) is 12.7. The first-order valence-corrected chi connectivity index (χ1v) is 8.26. The third kappa shape index (κ3) is 4.28. The minimum Gasteiger partial charge on any atom is -0.481 e. The van der Waals surface area contributed by atoms with Crippen molar-refractivity contribution < 1.29 is 23.1 Å². The number of hydrogen-bond acceptors (Lipinski definition) is 5. The van der Waals surface area contributed by atoms with Gasteiger partial charge in [0.05, 0.1) is 11.6 Å². The highest BCUT2D eigenvalue weighted by atomic mass is 32.2. The van der Waals surface area contributed by atoms with Gasteiger partial charge in [-0.1, -0.05) is 13.8 Å². The lowest BCUT2D eigenvalue weighted by atomic mass is 10.1. The molecule has 0 aliphatic rings. The Labute approximate surface area is 129 Å². The Bertz CT molecular complexity index is 684. The Balaban J connectivity index is 3.30. The zero-order valence-corrected chi connectivity index (χ0v) is 13.6. The molecule has 0 saturated carbocycles. The number of carbonyl (C=O) groups excluding carboxylic acids is 1. The number of sulfonamides is 1. The molecule has 0 aliphatic carbocycles. The number of ketones is 1. The Hall–Kier alpha value is -1.93. The summed E-state index contributed by atoms with van der Waals surface area (Å²) in [4.78, 5) is 23.9. The van der Waals surface area contributed by atoms with Crippen molar-refractivity contribution in [2.24, 2.45) is 11.1 Å². The fraction of sp³-hybridized carbons (Fsp3) is 0.429. The molecular formula is C14H20N2O5S. The van der Waals surface area contributed by atoms with Gasteiger partial charge in [-0.3, -0.25) is 9.59 Å². The second-order valence-electron chi connectivity index (χ2n) is 5.12. The molecular weight excluding hydrogens is 308 g/mol. The summed E-state index contributed by atoms with van der Waals surface area (Å²) in [5.41, 5.74) is 0.526. The lowest BCUT2D eigenvalue weighted by Gasteiger charge is -2.24. The second kappa shape index (κ2) is 6.89. The quantitative estimate of drug-likeness (QED) is 0.723. The molecule has 0 heterocycles. The number of rotatable bonds is 7. The van der Waals surface area contributed by atoms with E-state index in [4.69, 9.17) is 10.2 Å². The van der Waals surface area contributed by atoms with Crippen molar-refractivity contribution in [3.8, 4) is 0 Å². The van der Waals surface area contributed by atoms with Gasteiger partial charge in [0.15, 0.2) is 5.78 Å². The van der Waals surface area contributed by atoms with Gasteiger partial charge in [-0.25, -0.2) is 13.6 Å². The number of Topliss-reactive ketones (excluding diaryl/α,β-unsaturated/α-hetero) is 1. The monoisotopic (exact) mass is 328 g/mol. The number of aliphatic carboxylic acids is 1. The summed E-state index contributed by atoms with van der Waals surface area (Å²) in [7, 11) is -2.47.